The molecule has 6 nitrogen and oxygen atoms in total. The third kappa shape index (κ3) is 5.10. The van der Waals surface area contributed by atoms with Crippen molar-refractivity contribution < 1.29 is 13.2 Å². The zero-order valence-corrected chi connectivity index (χ0v) is 15.6. The SMILES string of the molecule is Cc1cccc(-n2ccnc2SCC(=O)NCCS(C)(=O)=O)c1C. The molecule has 0 fully saturated rings. The van der Waals surface area contributed by atoms with Gasteiger partial charge in [0, 0.05) is 25.2 Å². The van der Waals surface area contributed by atoms with E-state index in [1.807, 2.05) is 22.9 Å². The average molecular weight is 367 g/mol. The van der Waals surface area contributed by atoms with E-state index in [4.69, 9.17) is 0 Å². The second kappa shape index (κ2) is 7.85. The van der Waals surface area contributed by atoms with Crippen molar-refractivity contribution in [3.63, 3.8) is 0 Å². The fourth-order valence-electron chi connectivity index (χ4n) is 2.13. The van der Waals surface area contributed by atoms with Gasteiger partial charge in [-0.3, -0.25) is 9.36 Å². The number of carbonyl (C=O) groups is 1. The Bertz CT molecular complexity index is 829. The van der Waals surface area contributed by atoms with Crippen LogP contribution in [0.2, 0.25) is 0 Å². The van der Waals surface area contributed by atoms with Crippen molar-refractivity contribution >= 4 is 27.5 Å². The van der Waals surface area contributed by atoms with Crippen LogP contribution >= 0.6 is 11.8 Å². The maximum Gasteiger partial charge on any atom is 0.230 e. The van der Waals surface area contributed by atoms with Crippen molar-refractivity contribution in [2.24, 2.45) is 0 Å². The topological polar surface area (TPSA) is 81.1 Å². The summed E-state index contributed by atoms with van der Waals surface area (Å²) in [5, 5.41) is 3.33. The van der Waals surface area contributed by atoms with Gasteiger partial charge in [0.05, 0.1) is 17.2 Å². The third-order valence-electron chi connectivity index (χ3n) is 3.57. The maximum atomic E-state index is 11.8. The van der Waals surface area contributed by atoms with Crippen LogP contribution in [-0.2, 0) is 14.6 Å². The lowest BCUT2D eigenvalue weighted by molar-refractivity contribution is -0.118. The Labute approximate surface area is 146 Å². The van der Waals surface area contributed by atoms with Gasteiger partial charge in [0.2, 0.25) is 5.91 Å². The quantitative estimate of drug-likeness (QED) is 0.754. The Hall–Kier alpha value is -1.80. The first-order valence-corrected chi connectivity index (χ1v) is 10.5. The first kappa shape index (κ1) is 18.5. The Morgan fingerprint density at radius 2 is 2.08 bits per heavy atom. The number of thioether (sulfide) groups is 1. The molecule has 0 bridgehead atoms. The molecule has 0 atom stereocenters. The van der Waals surface area contributed by atoms with E-state index in [1.165, 1.54) is 17.3 Å². The number of imidazole rings is 1. The fourth-order valence-corrected chi connectivity index (χ4v) is 3.40. The van der Waals surface area contributed by atoms with Crippen molar-refractivity contribution in [2.45, 2.75) is 19.0 Å². The molecule has 0 saturated heterocycles. The number of rotatable bonds is 7. The van der Waals surface area contributed by atoms with Gasteiger partial charge in [-0.25, -0.2) is 13.4 Å². The molecule has 1 amide bonds. The maximum absolute atomic E-state index is 11.8. The van der Waals surface area contributed by atoms with Crippen LogP contribution in [0.25, 0.3) is 5.69 Å². The number of nitrogens with zero attached hydrogens (tertiary/aromatic N) is 2. The fraction of sp³-hybridized carbons (Fsp3) is 0.375. The number of nitrogens with one attached hydrogen (secondary N) is 1. The number of aryl methyl sites for hydroxylation is 1. The predicted octanol–water partition coefficient (Wildman–Crippen LogP) is 1.74. The molecule has 2 rings (SSSR count). The molecule has 0 aliphatic rings. The molecule has 0 aliphatic carbocycles. The summed E-state index contributed by atoms with van der Waals surface area (Å²) < 4.78 is 24.1. The molecule has 0 unspecified atom stereocenters. The lowest BCUT2D eigenvalue weighted by Gasteiger charge is -2.12. The van der Waals surface area contributed by atoms with Gasteiger partial charge in [-0.15, -0.1) is 0 Å². The molecule has 1 aromatic carbocycles. The average Bonchev–Trinajstić information content (AvgIpc) is 2.95. The van der Waals surface area contributed by atoms with Crippen LogP contribution < -0.4 is 5.32 Å². The highest BCUT2D eigenvalue weighted by molar-refractivity contribution is 7.99. The number of hydrogen-bond donors (Lipinski definition) is 1. The molecule has 1 N–H and O–H groups in total. The van der Waals surface area contributed by atoms with E-state index in [-0.39, 0.29) is 24.0 Å². The number of sulfone groups is 1. The summed E-state index contributed by atoms with van der Waals surface area (Å²) in [5.74, 6) is -0.0780. The van der Waals surface area contributed by atoms with Gasteiger partial charge >= 0.3 is 0 Å². The van der Waals surface area contributed by atoms with Gasteiger partial charge in [-0.05, 0) is 31.0 Å². The Morgan fingerprint density at radius 1 is 1.33 bits per heavy atom. The monoisotopic (exact) mass is 367 g/mol. The number of benzene rings is 1. The highest BCUT2D eigenvalue weighted by Crippen LogP contribution is 2.24. The van der Waals surface area contributed by atoms with E-state index in [1.54, 1.807) is 6.20 Å². The molecule has 130 valence electrons. The van der Waals surface area contributed by atoms with Crippen molar-refractivity contribution in [3.05, 3.63) is 41.7 Å². The van der Waals surface area contributed by atoms with E-state index in [2.05, 4.69) is 30.2 Å². The van der Waals surface area contributed by atoms with E-state index >= 15 is 0 Å². The number of hydrogen-bond acceptors (Lipinski definition) is 5. The van der Waals surface area contributed by atoms with Crippen LogP contribution in [0.3, 0.4) is 0 Å². The minimum absolute atomic E-state index is 0.0550. The Balaban J connectivity index is 1.99. The zero-order chi connectivity index (χ0) is 17.7. The minimum atomic E-state index is -3.07. The summed E-state index contributed by atoms with van der Waals surface area (Å²) in [6.45, 7) is 4.23. The number of carbonyl (C=O) groups excluding carboxylic acids is 1. The van der Waals surface area contributed by atoms with Crippen LogP contribution in [-0.4, -0.2) is 48.2 Å². The highest BCUT2D eigenvalue weighted by Gasteiger charge is 2.11. The predicted molar refractivity (Wildman–Crippen MR) is 96.5 cm³/mol. The second-order valence-corrected chi connectivity index (χ2v) is 8.77. The van der Waals surface area contributed by atoms with E-state index in [0.717, 1.165) is 22.7 Å². The summed E-state index contributed by atoms with van der Waals surface area (Å²) in [7, 11) is -3.07. The largest absolute Gasteiger partial charge is 0.354 e. The zero-order valence-electron chi connectivity index (χ0n) is 13.9. The molecule has 2 aromatic rings. The lowest BCUT2D eigenvalue weighted by atomic mass is 10.1. The molecule has 8 heteroatoms. The van der Waals surface area contributed by atoms with E-state index in [0.29, 0.717) is 0 Å². The standard InChI is InChI=1S/C16H21N3O3S2/c1-12-5-4-6-14(13(12)2)19-9-7-18-16(19)23-11-15(20)17-8-10-24(3,21)22/h4-7,9H,8,10-11H2,1-3H3,(H,17,20). The highest BCUT2D eigenvalue weighted by atomic mass is 32.2. The van der Waals surface area contributed by atoms with Crippen LogP contribution in [0.5, 0.6) is 0 Å². The minimum Gasteiger partial charge on any atom is -0.354 e. The molecule has 24 heavy (non-hydrogen) atoms. The van der Waals surface area contributed by atoms with Gasteiger partial charge in [-0.1, -0.05) is 23.9 Å². The first-order chi connectivity index (χ1) is 11.3. The van der Waals surface area contributed by atoms with Gasteiger partial charge in [-0.2, -0.15) is 0 Å². The summed E-state index contributed by atoms with van der Waals surface area (Å²) in [6, 6.07) is 6.06. The summed E-state index contributed by atoms with van der Waals surface area (Å²) in [5.41, 5.74) is 3.39. The van der Waals surface area contributed by atoms with Crippen molar-refractivity contribution in [3.8, 4) is 5.69 Å². The molecule has 1 aromatic heterocycles. The number of aromatic nitrogens is 2. The first-order valence-electron chi connectivity index (χ1n) is 7.45. The van der Waals surface area contributed by atoms with Crippen LogP contribution in [0.1, 0.15) is 11.1 Å². The smallest absolute Gasteiger partial charge is 0.230 e. The van der Waals surface area contributed by atoms with Crippen LogP contribution in [0.4, 0.5) is 0 Å². The normalized spacial score (nSPS) is 11.5. The van der Waals surface area contributed by atoms with Gasteiger partial charge in [0.1, 0.15) is 9.84 Å². The van der Waals surface area contributed by atoms with Gasteiger partial charge in [0.15, 0.2) is 5.16 Å². The molecular weight excluding hydrogens is 346 g/mol. The van der Waals surface area contributed by atoms with Crippen LogP contribution in [0, 0.1) is 13.8 Å². The van der Waals surface area contributed by atoms with Crippen molar-refractivity contribution in [1.29, 1.82) is 0 Å². The Morgan fingerprint density at radius 3 is 2.79 bits per heavy atom. The molecule has 0 aliphatic heterocycles. The third-order valence-corrected chi connectivity index (χ3v) is 5.48. The van der Waals surface area contributed by atoms with E-state index < -0.39 is 9.84 Å². The second-order valence-electron chi connectivity index (χ2n) is 5.57. The Kier molecular flexibility index (Phi) is 6.06. The van der Waals surface area contributed by atoms with Gasteiger partial charge in [0.25, 0.3) is 0 Å². The number of amides is 1. The van der Waals surface area contributed by atoms with Crippen LogP contribution in [0.15, 0.2) is 35.7 Å². The van der Waals surface area contributed by atoms with Crippen molar-refractivity contribution in [2.75, 3.05) is 24.3 Å². The molecular formula is C16H21N3O3S2. The lowest BCUT2D eigenvalue weighted by Crippen LogP contribution is -2.30. The summed E-state index contributed by atoms with van der Waals surface area (Å²) >= 11 is 1.32. The molecule has 1 heterocycles. The summed E-state index contributed by atoms with van der Waals surface area (Å²) in [6.07, 6.45) is 4.71. The van der Waals surface area contributed by atoms with E-state index in [9.17, 15) is 13.2 Å². The molecule has 0 saturated carbocycles. The summed E-state index contributed by atoms with van der Waals surface area (Å²) in [4.78, 5) is 16.1. The molecule has 0 spiro atoms. The molecule has 0 radical (unpaired) electrons. The van der Waals surface area contributed by atoms with Gasteiger partial charge < -0.3 is 5.32 Å². The van der Waals surface area contributed by atoms with Crippen molar-refractivity contribution in [1.82, 2.24) is 14.9 Å².